The lowest BCUT2D eigenvalue weighted by Gasteiger charge is -2.16. The molecule has 1 aliphatic heterocycles. The number of benzene rings is 2. The molecule has 2 N–H and O–H groups in total. The maximum atomic E-state index is 14.6. The van der Waals surface area contributed by atoms with Gasteiger partial charge in [0.2, 0.25) is 0 Å². The molecule has 0 aliphatic carbocycles. The maximum absolute atomic E-state index is 14.6. The molecule has 0 atom stereocenters. The van der Waals surface area contributed by atoms with Crippen LogP contribution in [0.15, 0.2) is 48.7 Å². The minimum absolute atomic E-state index is 0.177. The van der Waals surface area contributed by atoms with Gasteiger partial charge in [-0.3, -0.25) is 0 Å². The molecule has 1 saturated heterocycles. The summed E-state index contributed by atoms with van der Waals surface area (Å²) in [6.45, 7) is 1.41. The largest absolute Gasteiger partial charge is 0.336 e. The smallest absolute Gasteiger partial charge is 0.321 e. The Balaban J connectivity index is 1.46. The third-order valence-electron chi connectivity index (χ3n) is 5.46. The first-order valence-corrected chi connectivity index (χ1v) is 10.1. The van der Waals surface area contributed by atoms with Gasteiger partial charge in [-0.05, 0) is 54.8 Å². The molecule has 162 valence electrons. The Labute approximate surface area is 181 Å². The van der Waals surface area contributed by atoms with Crippen molar-refractivity contribution in [2.45, 2.75) is 12.8 Å². The fraction of sp³-hybridized carbons (Fsp3) is 0.174. The molecule has 1 aliphatic rings. The van der Waals surface area contributed by atoms with Crippen molar-refractivity contribution < 1.29 is 18.0 Å². The first kappa shape index (κ1) is 20.0. The second kappa shape index (κ2) is 7.99. The Morgan fingerprint density at radius 1 is 0.938 bits per heavy atom. The highest BCUT2D eigenvalue weighted by molar-refractivity contribution is 5.90. The monoisotopic (exact) mass is 437 g/mol. The molecule has 4 aromatic rings. The molecule has 3 heterocycles. The number of aromatic amines is 1. The van der Waals surface area contributed by atoms with Crippen molar-refractivity contribution in [3.8, 4) is 22.5 Å². The fourth-order valence-electron chi connectivity index (χ4n) is 3.77. The zero-order chi connectivity index (χ0) is 22.2. The number of likely N-dealkylation sites (tertiary alicyclic amines) is 1. The van der Waals surface area contributed by atoms with E-state index in [1.165, 1.54) is 30.5 Å². The number of aromatic nitrogens is 3. The lowest BCUT2D eigenvalue weighted by molar-refractivity contribution is 0.222. The number of hydrogen-bond donors (Lipinski definition) is 2. The average Bonchev–Trinajstić information content (AvgIpc) is 3.46. The van der Waals surface area contributed by atoms with Gasteiger partial charge in [0.05, 0.1) is 11.1 Å². The normalized spacial score (nSPS) is 13.7. The summed E-state index contributed by atoms with van der Waals surface area (Å²) in [5.74, 6) is -2.16. The van der Waals surface area contributed by atoms with Gasteiger partial charge in [-0.25, -0.2) is 27.9 Å². The number of anilines is 1. The molecular weight excluding hydrogens is 419 g/mol. The molecular formula is C23H18F3N5O. The quantitative estimate of drug-likeness (QED) is 0.455. The van der Waals surface area contributed by atoms with Gasteiger partial charge in [-0.2, -0.15) is 0 Å². The number of nitrogens with one attached hydrogen (secondary N) is 2. The molecule has 5 rings (SSSR count). The summed E-state index contributed by atoms with van der Waals surface area (Å²) in [7, 11) is 0. The molecule has 1 fully saturated rings. The van der Waals surface area contributed by atoms with Crippen LogP contribution in [0.2, 0.25) is 0 Å². The van der Waals surface area contributed by atoms with E-state index in [-0.39, 0.29) is 17.4 Å². The van der Waals surface area contributed by atoms with Crippen molar-refractivity contribution in [2.75, 3.05) is 18.4 Å². The average molecular weight is 437 g/mol. The van der Waals surface area contributed by atoms with Crippen LogP contribution < -0.4 is 5.32 Å². The summed E-state index contributed by atoms with van der Waals surface area (Å²) in [4.78, 5) is 25.7. The van der Waals surface area contributed by atoms with E-state index in [4.69, 9.17) is 0 Å². The molecule has 2 aromatic heterocycles. The molecule has 0 radical (unpaired) electrons. The Morgan fingerprint density at radius 3 is 2.50 bits per heavy atom. The van der Waals surface area contributed by atoms with E-state index < -0.39 is 17.5 Å². The van der Waals surface area contributed by atoms with Gasteiger partial charge in [-0.15, -0.1) is 0 Å². The van der Waals surface area contributed by atoms with Crippen LogP contribution >= 0.6 is 0 Å². The molecule has 6 nitrogen and oxygen atoms in total. The zero-order valence-electron chi connectivity index (χ0n) is 16.8. The number of hydrogen-bond acceptors (Lipinski definition) is 3. The van der Waals surface area contributed by atoms with Crippen molar-refractivity contribution in [1.82, 2.24) is 19.9 Å². The van der Waals surface area contributed by atoms with E-state index in [2.05, 4.69) is 20.3 Å². The van der Waals surface area contributed by atoms with Crippen molar-refractivity contribution in [1.29, 1.82) is 0 Å². The van der Waals surface area contributed by atoms with E-state index in [1.54, 1.807) is 11.0 Å². The molecule has 0 spiro atoms. The van der Waals surface area contributed by atoms with E-state index in [0.29, 0.717) is 41.1 Å². The number of nitrogens with zero attached hydrogens (tertiary/aromatic N) is 3. The molecule has 2 amide bonds. The summed E-state index contributed by atoms with van der Waals surface area (Å²) in [5.41, 5.74) is 2.49. The summed E-state index contributed by atoms with van der Waals surface area (Å²) in [5, 5.41) is 2.79. The van der Waals surface area contributed by atoms with E-state index >= 15 is 0 Å². The minimum atomic E-state index is -0.956. The van der Waals surface area contributed by atoms with Crippen molar-refractivity contribution in [3.63, 3.8) is 0 Å². The number of carbonyl (C=O) groups is 1. The summed E-state index contributed by atoms with van der Waals surface area (Å²) >= 11 is 0. The van der Waals surface area contributed by atoms with Gasteiger partial charge in [0.25, 0.3) is 0 Å². The summed E-state index contributed by atoms with van der Waals surface area (Å²) in [6.07, 6.45) is 3.43. The Kier molecular flexibility index (Phi) is 5.01. The SMILES string of the molecule is O=C(Nc1ccc(F)c(-c2nc3ncc(-c4ccc(F)c(F)c4)cc3[nH]2)c1)N1CCCC1. The molecule has 0 unspecified atom stereocenters. The number of fused-ring (bicyclic) bond motifs is 1. The second-order valence-corrected chi connectivity index (χ2v) is 7.63. The maximum Gasteiger partial charge on any atom is 0.321 e. The highest BCUT2D eigenvalue weighted by atomic mass is 19.2. The Morgan fingerprint density at radius 2 is 1.72 bits per heavy atom. The zero-order valence-corrected chi connectivity index (χ0v) is 16.8. The standard InChI is InChI=1S/C23H18F3N5O/c24-17-6-4-15(28-23(32)31-7-1-2-8-31)11-16(17)21-29-20-10-14(12-27-22(20)30-21)13-3-5-18(25)19(26)9-13/h3-6,9-12H,1-2,7-8H2,(H,28,32)(H,27,29,30). The first-order chi connectivity index (χ1) is 15.5. The number of pyridine rings is 1. The molecule has 2 aromatic carbocycles. The van der Waals surface area contributed by atoms with Crippen molar-refractivity contribution in [2.24, 2.45) is 0 Å². The third kappa shape index (κ3) is 3.77. The van der Waals surface area contributed by atoms with Crippen LogP contribution in [0.4, 0.5) is 23.7 Å². The number of amides is 2. The summed E-state index contributed by atoms with van der Waals surface area (Å²) in [6, 6.07) is 9.32. The van der Waals surface area contributed by atoms with Crippen LogP contribution in [-0.2, 0) is 0 Å². The van der Waals surface area contributed by atoms with Crippen LogP contribution in [0.25, 0.3) is 33.7 Å². The van der Waals surface area contributed by atoms with Crippen LogP contribution in [-0.4, -0.2) is 39.0 Å². The van der Waals surface area contributed by atoms with Gasteiger partial charge >= 0.3 is 6.03 Å². The molecule has 9 heteroatoms. The predicted octanol–water partition coefficient (Wildman–Crippen LogP) is 5.34. The number of halogens is 3. The van der Waals surface area contributed by atoms with Gasteiger partial charge in [0.15, 0.2) is 17.3 Å². The highest BCUT2D eigenvalue weighted by Gasteiger charge is 2.19. The second-order valence-electron chi connectivity index (χ2n) is 7.63. The highest BCUT2D eigenvalue weighted by Crippen LogP contribution is 2.28. The molecule has 0 saturated carbocycles. The topological polar surface area (TPSA) is 73.9 Å². The van der Waals surface area contributed by atoms with Gasteiger partial charge in [0.1, 0.15) is 11.6 Å². The van der Waals surface area contributed by atoms with Crippen molar-refractivity contribution >= 4 is 22.9 Å². The fourth-order valence-corrected chi connectivity index (χ4v) is 3.77. The summed E-state index contributed by atoms with van der Waals surface area (Å²) < 4.78 is 41.4. The van der Waals surface area contributed by atoms with E-state index in [0.717, 1.165) is 25.0 Å². The van der Waals surface area contributed by atoms with E-state index in [1.807, 2.05) is 0 Å². The van der Waals surface area contributed by atoms with Crippen LogP contribution in [0.3, 0.4) is 0 Å². The number of rotatable bonds is 3. The van der Waals surface area contributed by atoms with Gasteiger partial charge in [0, 0.05) is 30.5 Å². The number of imidazole rings is 1. The van der Waals surface area contributed by atoms with Crippen LogP contribution in [0.5, 0.6) is 0 Å². The van der Waals surface area contributed by atoms with Crippen LogP contribution in [0.1, 0.15) is 12.8 Å². The minimum Gasteiger partial charge on any atom is -0.336 e. The number of urea groups is 1. The number of carbonyl (C=O) groups excluding carboxylic acids is 1. The van der Waals surface area contributed by atoms with Gasteiger partial charge < -0.3 is 15.2 Å². The van der Waals surface area contributed by atoms with Crippen LogP contribution in [0, 0.1) is 17.5 Å². The predicted molar refractivity (Wildman–Crippen MR) is 114 cm³/mol. The van der Waals surface area contributed by atoms with Gasteiger partial charge in [-0.1, -0.05) is 6.07 Å². The molecule has 0 bridgehead atoms. The third-order valence-corrected chi connectivity index (χ3v) is 5.46. The lowest BCUT2D eigenvalue weighted by Crippen LogP contribution is -2.32. The van der Waals surface area contributed by atoms with Crippen molar-refractivity contribution in [3.05, 3.63) is 66.1 Å². The Bertz CT molecular complexity index is 1330. The first-order valence-electron chi connectivity index (χ1n) is 10.1. The Hall–Kier alpha value is -3.88. The number of H-pyrrole nitrogens is 1. The lowest BCUT2D eigenvalue weighted by atomic mass is 10.1. The molecule has 32 heavy (non-hydrogen) atoms. The van der Waals surface area contributed by atoms with E-state index in [9.17, 15) is 18.0 Å².